The normalized spacial score (nSPS) is 11.1. The predicted molar refractivity (Wildman–Crippen MR) is 74.1 cm³/mol. The minimum absolute atomic E-state index is 0.831. The fourth-order valence-corrected chi connectivity index (χ4v) is 2.02. The van der Waals surface area contributed by atoms with Crippen LogP contribution in [0, 0.1) is 6.92 Å². The number of anilines is 1. The lowest BCUT2D eigenvalue weighted by Gasteiger charge is -2.20. The van der Waals surface area contributed by atoms with Crippen molar-refractivity contribution in [2.24, 2.45) is 0 Å². The Labute approximate surface area is 108 Å². The van der Waals surface area contributed by atoms with Gasteiger partial charge < -0.3 is 10.2 Å². The molecule has 0 spiro atoms. The summed E-state index contributed by atoms with van der Waals surface area (Å²) in [6.45, 7) is 6.94. The Hall–Kier alpha value is -1.74. The SMILES string of the molecule is CCN(Cc1ccco1)Cc1cccc(N)c1C. The van der Waals surface area contributed by atoms with E-state index in [9.17, 15) is 0 Å². The van der Waals surface area contributed by atoms with E-state index in [2.05, 4.69) is 24.8 Å². The van der Waals surface area contributed by atoms with Gasteiger partial charge in [0.2, 0.25) is 0 Å². The van der Waals surface area contributed by atoms with Gasteiger partial charge in [-0.25, -0.2) is 0 Å². The lowest BCUT2D eigenvalue weighted by molar-refractivity contribution is 0.247. The molecule has 0 aliphatic heterocycles. The van der Waals surface area contributed by atoms with Gasteiger partial charge in [0.1, 0.15) is 5.76 Å². The van der Waals surface area contributed by atoms with E-state index in [1.54, 1.807) is 6.26 Å². The third-order valence-corrected chi connectivity index (χ3v) is 3.29. The maximum absolute atomic E-state index is 5.94. The minimum Gasteiger partial charge on any atom is -0.468 e. The standard InChI is InChI=1S/C15H20N2O/c1-3-17(11-14-7-5-9-18-14)10-13-6-4-8-15(16)12(13)2/h4-9H,3,10-11,16H2,1-2H3. The van der Waals surface area contributed by atoms with Crippen molar-refractivity contribution >= 4 is 5.69 Å². The molecule has 0 amide bonds. The number of hydrogen-bond donors (Lipinski definition) is 1. The van der Waals surface area contributed by atoms with Crippen LogP contribution in [0.4, 0.5) is 5.69 Å². The van der Waals surface area contributed by atoms with Crippen molar-refractivity contribution in [2.45, 2.75) is 26.9 Å². The van der Waals surface area contributed by atoms with Crippen LogP contribution in [-0.4, -0.2) is 11.4 Å². The number of benzene rings is 1. The summed E-state index contributed by atoms with van der Waals surface area (Å²) in [7, 11) is 0. The monoisotopic (exact) mass is 244 g/mol. The quantitative estimate of drug-likeness (QED) is 0.821. The zero-order chi connectivity index (χ0) is 13.0. The van der Waals surface area contributed by atoms with Crippen LogP contribution in [0.5, 0.6) is 0 Å². The van der Waals surface area contributed by atoms with Crippen molar-refractivity contribution < 1.29 is 4.42 Å². The third-order valence-electron chi connectivity index (χ3n) is 3.29. The summed E-state index contributed by atoms with van der Waals surface area (Å²) in [6.07, 6.45) is 1.72. The summed E-state index contributed by atoms with van der Waals surface area (Å²) in [5.41, 5.74) is 9.26. The Bertz CT molecular complexity index is 491. The molecule has 0 atom stereocenters. The molecule has 3 nitrogen and oxygen atoms in total. The number of furan rings is 1. The van der Waals surface area contributed by atoms with Gasteiger partial charge in [-0.15, -0.1) is 0 Å². The molecule has 0 aliphatic rings. The van der Waals surface area contributed by atoms with Crippen LogP contribution in [0.2, 0.25) is 0 Å². The van der Waals surface area contributed by atoms with E-state index in [1.165, 1.54) is 11.1 Å². The molecular weight excluding hydrogens is 224 g/mol. The van der Waals surface area contributed by atoms with Crippen LogP contribution in [0.25, 0.3) is 0 Å². The van der Waals surface area contributed by atoms with Gasteiger partial charge in [-0.3, -0.25) is 4.90 Å². The summed E-state index contributed by atoms with van der Waals surface area (Å²) in [6, 6.07) is 10.0. The highest BCUT2D eigenvalue weighted by Gasteiger charge is 2.09. The van der Waals surface area contributed by atoms with Crippen molar-refractivity contribution in [3.63, 3.8) is 0 Å². The van der Waals surface area contributed by atoms with Crippen molar-refractivity contribution in [1.29, 1.82) is 0 Å². The van der Waals surface area contributed by atoms with E-state index in [1.807, 2.05) is 24.3 Å². The number of rotatable bonds is 5. The molecule has 2 N–H and O–H groups in total. The molecule has 96 valence electrons. The summed E-state index contributed by atoms with van der Waals surface area (Å²) in [4.78, 5) is 2.33. The van der Waals surface area contributed by atoms with Crippen molar-refractivity contribution in [3.05, 3.63) is 53.5 Å². The van der Waals surface area contributed by atoms with E-state index in [0.717, 1.165) is 31.1 Å². The minimum atomic E-state index is 0.831. The largest absolute Gasteiger partial charge is 0.468 e. The molecule has 2 rings (SSSR count). The number of hydrogen-bond acceptors (Lipinski definition) is 3. The lowest BCUT2D eigenvalue weighted by atomic mass is 10.1. The molecular formula is C15H20N2O. The third kappa shape index (κ3) is 2.93. The summed E-state index contributed by atoms with van der Waals surface area (Å²) in [5.74, 6) is 0.999. The molecule has 1 aromatic carbocycles. The van der Waals surface area contributed by atoms with E-state index in [4.69, 9.17) is 10.2 Å². The van der Waals surface area contributed by atoms with Gasteiger partial charge in [-0.1, -0.05) is 19.1 Å². The van der Waals surface area contributed by atoms with Gasteiger partial charge in [0.05, 0.1) is 12.8 Å². The Balaban J connectivity index is 2.08. The Morgan fingerprint density at radius 2 is 2.00 bits per heavy atom. The smallest absolute Gasteiger partial charge is 0.117 e. The van der Waals surface area contributed by atoms with Gasteiger partial charge in [0.25, 0.3) is 0 Å². The van der Waals surface area contributed by atoms with Crippen molar-refractivity contribution in [3.8, 4) is 0 Å². The number of nitrogen functional groups attached to an aromatic ring is 1. The van der Waals surface area contributed by atoms with Gasteiger partial charge in [-0.05, 0) is 42.8 Å². The van der Waals surface area contributed by atoms with Gasteiger partial charge in [-0.2, -0.15) is 0 Å². The van der Waals surface area contributed by atoms with Gasteiger partial charge in [0.15, 0.2) is 0 Å². The lowest BCUT2D eigenvalue weighted by Crippen LogP contribution is -2.22. The fourth-order valence-electron chi connectivity index (χ4n) is 2.02. The first-order valence-electron chi connectivity index (χ1n) is 6.29. The average molecular weight is 244 g/mol. The fraction of sp³-hybridized carbons (Fsp3) is 0.333. The van der Waals surface area contributed by atoms with Gasteiger partial charge in [0, 0.05) is 12.2 Å². The zero-order valence-corrected chi connectivity index (χ0v) is 11.0. The summed E-state index contributed by atoms with van der Waals surface area (Å²) < 4.78 is 5.39. The molecule has 1 heterocycles. The Morgan fingerprint density at radius 1 is 1.17 bits per heavy atom. The van der Waals surface area contributed by atoms with E-state index in [-0.39, 0.29) is 0 Å². The van der Waals surface area contributed by atoms with E-state index in [0.29, 0.717) is 0 Å². The van der Waals surface area contributed by atoms with Crippen molar-refractivity contribution in [2.75, 3.05) is 12.3 Å². The highest BCUT2D eigenvalue weighted by Crippen LogP contribution is 2.18. The highest BCUT2D eigenvalue weighted by molar-refractivity contribution is 5.49. The molecule has 0 saturated carbocycles. The predicted octanol–water partition coefficient (Wildman–Crippen LogP) is 3.19. The van der Waals surface area contributed by atoms with E-state index < -0.39 is 0 Å². The van der Waals surface area contributed by atoms with Crippen LogP contribution < -0.4 is 5.73 Å². The molecule has 0 fully saturated rings. The molecule has 18 heavy (non-hydrogen) atoms. The molecule has 2 aromatic rings. The first-order valence-corrected chi connectivity index (χ1v) is 6.29. The van der Waals surface area contributed by atoms with Crippen LogP contribution in [-0.2, 0) is 13.1 Å². The Morgan fingerprint density at radius 3 is 2.67 bits per heavy atom. The summed E-state index contributed by atoms with van der Waals surface area (Å²) in [5, 5.41) is 0. The maximum atomic E-state index is 5.94. The van der Waals surface area contributed by atoms with Crippen LogP contribution >= 0.6 is 0 Å². The first kappa shape index (κ1) is 12.7. The van der Waals surface area contributed by atoms with Crippen molar-refractivity contribution in [1.82, 2.24) is 4.90 Å². The molecule has 0 unspecified atom stereocenters. The number of nitrogens with two attached hydrogens (primary N) is 1. The average Bonchev–Trinajstić information content (AvgIpc) is 2.86. The molecule has 3 heteroatoms. The maximum Gasteiger partial charge on any atom is 0.117 e. The highest BCUT2D eigenvalue weighted by atomic mass is 16.3. The zero-order valence-electron chi connectivity index (χ0n) is 11.0. The second kappa shape index (κ2) is 5.74. The molecule has 0 radical (unpaired) electrons. The number of nitrogens with zero attached hydrogens (tertiary/aromatic N) is 1. The van der Waals surface area contributed by atoms with Crippen LogP contribution in [0.3, 0.4) is 0 Å². The van der Waals surface area contributed by atoms with Gasteiger partial charge >= 0.3 is 0 Å². The topological polar surface area (TPSA) is 42.4 Å². The molecule has 0 bridgehead atoms. The molecule has 0 aliphatic carbocycles. The van der Waals surface area contributed by atoms with Crippen LogP contribution in [0.15, 0.2) is 41.0 Å². The molecule has 0 saturated heterocycles. The second-order valence-corrected chi connectivity index (χ2v) is 4.51. The molecule has 1 aromatic heterocycles. The summed E-state index contributed by atoms with van der Waals surface area (Å²) >= 11 is 0. The van der Waals surface area contributed by atoms with E-state index >= 15 is 0 Å². The van der Waals surface area contributed by atoms with Crippen LogP contribution in [0.1, 0.15) is 23.8 Å². The second-order valence-electron chi connectivity index (χ2n) is 4.51. The first-order chi connectivity index (χ1) is 8.70. The Kier molecular flexibility index (Phi) is 4.05.